The predicted octanol–water partition coefficient (Wildman–Crippen LogP) is 0.100. The molecular weight excluding hydrogens is 156 g/mol. The van der Waals surface area contributed by atoms with Gasteiger partial charge in [-0.3, -0.25) is 4.79 Å². The molecule has 1 unspecified atom stereocenters. The molecule has 1 atom stereocenters. The third-order valence-corrected chi connectivity index (χ3v) is 2.42. The lowest BCUT2D eigenvalue weighted by atomic mass is 10.1. The first kappa shape index (κ1) is 9.48. The zero-order chi connectivity index (χ0) is 9.14. The van der Waals surface area contributed by atoms with Crippen LogP contribution >= 0.6 is 0 Å². The molecule has 1 fully saturated rings. The van der Waals surface area contributed by atoms with Gasteiger partial charge in [-0.2, -0.15) is 0 Å². The molecule has 0 aromatic heterocycles. The number of nitrogens with zero attached hydrogens (tertiary/aromatic N) is 2. The number of ether oxygens (including phenoxy) is 1. The summed E-state index contributed by atoms with van der Waals surface area (Å²) in [5.41, 5.74) is 0. The van der Waals surface area contributed by atoms with Crippen LogP contribution in [-0.4, -0.2) is 49.8 Å². The Balaban J connectivity index is 2.57. The molecule has 0 amide bonds. The smallest absolute Gasteiger partial charge is 0.324 e. The topological polar surface area (TPSA) is 32.8 Å². The van der Waals surface area contributed by atoms with E-state index in [1.807, 2.05) is 24.1 Å². The summed E-state index contributed by atoms with van der Waals surface area (Å²) in [6.45, 7) is 1.02. The number of rotatable bonds is 1. The van der Waals surface area contributed by atoms with Crippen LogP contribution in [0.15, 0.2) is 0 Å². The van der Waals surface area contributed by atoms with Crippen molar-refractivity contribution in [3.8, 4) is 0 Å². The highest BCUT2D eigenvalue weighted by Crippen LogP contribution is 2.15. The van der Waals surface area contributed by atoms with Crippen molar-refractivity contribution < 1.29 is 9.53 Å². The van der Waals surface area contributed by atoms with E-state index in [1.54, 1.807) is 0 Å². The molecular formula is C8H16N2O2. The van der Waals surface area contributed by atoms with E-state index in [9.17, 15) is 4.79 Å². The van der Waals surface area contributed by atoms with Gasteiger partial charge in [0.15, 0.2) is 0 Å². The normalized spacial score (nSPS) is 27.1. The number of esters is 1. The molecule has 4 heteroatoms. The molecule has 0 aromatic carbocycles. The van der Waals surface area contributed by atoms with Crippen LogP contribution < -0.4 is 0 Å². The van der Waals surface area contributed by atoms with Crippen LogP contribution in [0.3, 0.4) is 0 Å². The van der Waals surface area contributed by atoms with Crippen LogP contribution in [0.5, 0.6) is 0 Å². The molecule has 1 aliphatic rings. The Bertz CT molecular complexity index is 172. The average molecular weight is 172 g/mol. The molecule has 1 saturated heterocycles. The van der Waals surface area contributed by atoms with Gasteiger partial charge < -0.3 is 4.74 Å². The van der Waals surface area contributed by atoms with Gasteiger partial charge in [0.1, 0.15) is 6.04 Å². The first-order valence-corrected chi connectivity index (χ1v) is 4.18. The second-order valence-electron chi connectivity index (χ2n) is 3.14. The van der Waals surface area contributed by atoms with Crippen LogP contribution in [0.4, 0.5) is 0 Å². The van der Waals surface area contributed by atoms with Crippen molar-refractivity contribution in [3.63, 3.8) is 0 Å². The van der Waals surface area contributed by atoms with Gasteiger partial charge in [0.25, 0.3) is 0 Å². The molecule has 0 spiro atoms. The van der Waals surface area contributed by atoms with E-state index in [0.717, 1.165) is 19.4 Å². The van der Waals surface area contributed by atoms with Crippen molar-refractivity contribution in [1.82, 2.24) is 10.0 Å². The summed E-state index contributed by atoms with van der Waals surface area (Å²) in [5.74, 6) is -0.135. The molecule has 0 saturated carbocycles. The number of hydrazine groups is 1. The minimum Gasteiger partial charge on any atom is -0.468 e. The minimum absolute atomic E-state index is 0.0891. The molecule has 1 heterocycles. The average Bonchev–Trinajstić information content (AvgIpc) is 2.08. The number of hydrogen-bond donors (Lipinski definition) is 0. The van der Waals surface area contributed by atoms with Crippen molar-refractivity contribution in [3.05, 3.63) is 0 Å². The zero-order valence-corrected chi connectivity index (χ0v) is 7.91. The Morgan fingerprint density at radius 1 is 1.50 bits per heavy atom. The van der Waals surface area contributed by atoms with Crippen LogP contribution in [-0.2, 0) is 9.53 Å². The first-order chi connectivity index (χ1) is 5.66. The second kappa shape index (κ2) is 3.87. The van der Waals surface area contributed by atoms with E-state index >= 15 is 0 Å². The zero-order valence-electron chi connectivity index (χ0n) is 7.91. The Labute approximate surface area is 73.1 Å². The lowest BCUT2D eigenvalue weighted by Gasteiger charge is -2.38. The highest BCUT2D eigenvalue weighted by Gasteiger charge is 2.29. The van der Waals surface area contributed by atoms with Crippen molar-refractivity contribution >= 4 is 5.97 Å². The Kier molecular flexibility index (Phi) is 3.05. The van der Waals surface area contributed by atoms with E-state index in [2.05, 4.69) is 0 Å². The van der Waals surface area contributed by atoms with Crippen LogP contribution in [0.1, 0.15) is 12.8 Å². The van der Waals surface area contributed by atoms with Gasteiger partial charge in [-0.25, -0.2) is 10.0 Å². The van der Waals surface area contributed by atoms with Gasteiger partial charge in [-0.15, -0.1) is 0 Å². The maximum Gasteiger partial charge on any atom is 0.324 e. The summed E-state index contributed by atoms with van der Waals surface area (Å²) in [5, 5.41) is 3.99. The molecule has 0 radical (unpaired) electrons. The van der Waals surface area contributed by atoms with Crippen LogP contribution in [0.2, 0.25) is 0 Å². The summed E-state index contributed by atoms with van der Waals surface area (Å²) < 4.78 is 4.70. The SMILES string of the molecule is COC(=O)C1CCCN(C)N1C. The monoisotopic (exact) mass is 172 g/mol. The molecule has 12 heavy (non-hydrogen) atoms. The third kappa shape index (κ3) is 1.76. The summed E-state index contributed by atoms with van der Waals surface area (Å²) in [7, 11) is 5.33. The Morgan fingerprint density at radius 3 is 2.75 bits per heavy atom. The van der Waals surface area contributed by atoms with E-state index < -0.39 is 0 Å². The molecule has 0 N–H and O–H groups in total. The van der Waals surface area contributed by atoms with Gasteiger partial charge >= 0.3 is 5.97 Å². The molecule has 0 bridgehead atoms. The number of carbonyl (C=O) groups excluding carboxylic acids is 1. The molecule has 4 nitrogen and oxygen atoms in total. The fourth-order valence-electron chi connectivity index (χ4n) is 1.50. The Morgan fingerprint density at radius 2 is 2.17 bits per heavy atom. The highest BCUT2D eigenvalue weighted by molar-refractivity contribution is 5.75. The van der Waals surface area contributed by atoms with E-state index in [-0.39, 0.29) is 12.0 Å². The summed E-state index contributed by atoms with van der Waals surface area (Å²) >= 11 is 0. The summed E-state index contributed by atoms with van der Waals surface area (Å²) in [4.78, 5) is 11.2. The molecule has 70 valence electrons. The van der Waals surface area contributed by atoms with Gasteiger partial charge in [-0.1, -0.05) is 0 Å². The van der Waals surface area contributed by atoms with Gasteiger partial charge in [0.2, 0.25) is 0 Å². The lowest BCUT2D eigenvalue weighted by molar-refractivity contribution is -0.157. The van der Waals surface area contributed by atoms with Crippen molar-refractivity contribution in [2.45, 2.75) is 18.9 Å². The molecule has 0 aromatic rings. The summed E-state index contributed by atoms with van der Waals surface area (Å²) in [6, 6.07) is -0.0891. The van der Waals surface area contributed by atoms with E-state index in [1.165, 1.54) is 7.11 Å². The molecule has 0 aliphatic carbocycles. The number of hydrogen-bond acceptors (Lipinski definition) is 4. The van der Waals surface area contributed by atoms with Gasteiger partial charge in [0.05, 0.1) is 7.11 Å². The fourth-order valence-corrected chi connectivity index (χ4v) is 1.50. The van der Waals surface area contributed by atoms with E-state index in [4.69, 9.17) is 4.74 Å². The maximum absolute atomic E-state index is 11.2. The van der Waals surface area contributed by atoms with Crippen molar-refractivity contribution in [1.29, 1.82) is 0 Å². The summed E-state index contributed by atoms with van der Waals surface area (Å²) in [6.07, 6.45) is 1.95. The van der Waals surface area contributed by atoms with Gasteiger partial charge in [-0.05, 0) is 12.8 Å². The quantitative estimate of drug-likeness (QED) is 0.525. The lowest BCUT2D eigenvalue weighted by Crippen LogP contribution is -2.52. The fraction of sp³-hybridized carbons (Fsp3) is 0.875. The van der Waals surface area contributed by atoms with Gasteiger partial charge in [0, 0.05) is 20.6 Å². The minimum atomic E-state index is -0.135. The Hall–Kier alpha value is -0.610. The maximum atomic E-state index is 11.2. The highest BCUT2D eigenvalue weighted by atomic mass is 16.5. The van der Waals surface area contributed by atoms with Crippen LogP contribution in [0.25, 0.3) is 0 Å². The molecule has 1 rings (SSSR count). The van der Waals surface area contributed by atoms with Crippen molar-refractivity contribution in [2.75, 3.05) is 27.7 Å². The third-order valence-electron chi connectivity index (χ3n) is 2.42. The molecule has 1 aliphatic heterocycles. The van der Waals surface area contributed by atoms with E-state index in [0.29, 0.717) is 0 Å². The number of carbonyl (C=O) groups is 1. The second-order valence-corrected chi connectivity index (χ2v) is 3.14. The largest absolute Gasteiger partial charge is 0.468 e. The predicted molar refractivity (Wildman–Crippen MR) is 45.4 cm³/mol. The standard InChI is InChI=1S/C8H16N2O2/c1-9-6-4-5-7(10(9)2)8(11)12-3/h7H,4-6H2,1-3H3. The number of likely N-dealkylation sites (N-methyl/N-ethyl adjacent to an activating group) is 1. The number of methoxy groups -OCH3 is 1. The van der Waals surface area contributed by atoms with Crippen LogP contribution in [0, 0.1) is 0 Å². The first-order valence-electron chi connectivity index (χ1n) is 4.18. The van der Waals surface area contributed by atoms with Crippen molar-refractivity contribution in [2.24, 2.45) is 0 Å².